The van der Waals surface area contributed by atoms with Crippen molar-refractivity contribution in [3.63, 3.8) is 0 Å². The number of amides is 2. The van der Waals surface area contributed by atoms with E-state index in [4.69, 9.17) is 4.52 Å². The van der Waals surface area contributed by atoms with Gasteiger partial charge in [-0.2, -0.15) is 0 Å². The maximum absolute atomic E-state index is 12.7. The Labute approximate surface area is 146 Å². The van der Waals surface area contributed by atoms with Crippen molar-refractivity contribution < 1.29 is 14.1 Å². The van der Waals surface area contributed by atoms with Gasteiger partial charge in [-0.25, -0.2) is 4.98 Å². The van der Waals surface area contributed by atoms with Crippen LogP contribution in [-0.2, 0) is 4.79 Å². The molecule has 1 fully saturated rings. The first-order chi connectivity index (χ1) is 12.0. The summed E-state index contributed by atoms with van der Waals surface area (Å²) in [6.45, 7) is 7.33. The van der Waals surface area contributed by atoms with Crippen molar-refractivity contribution in [2.45, 2.75) is 46.0 Å². The zero-order valence-corrected chi connectivity index (χ0v) is 15.0. The van der Waals surface area contributed by atoms with E-state index in [9.17, 15) is 9.59 Å². The molecule has 0 aromatic carbocycles. The van der Waals surface area contributed by atoms with Gasteiger partial charge >= 0.3 is 0 Å². The van der Waals surface area contributed by atoms with Gasteiger partial charge in [0, 0.05) is 18.8 Å². The van der Waals surface area contributed by atoms with Crippen LogP contribution in [0.25, 0.3) is 11.1 Å². The zero-order valence-electron chi connectivity index (χ0n) is 15.0. The monoisotopic (exact) mass is 344 g/mol. The van der Waals surface area contributed by atoms with E-state index in [1.54, 1.807) is 13.0 Å². The van der Waals surface area contributed by atoms with Gasteiger partial charge in [0.05, 0.1) is 23.2 Å². The van der Waals surface area contributed by atoms with Crippen LogP contribution >= 0.6 is 0 Å². The number of hydrogen-bond donors (Lipinski definition) is 1. The molecule has 1 aliphatic rings. The van der Waals surface area contributed by atoms with Crippen LogP contribution in [0, 0.1) is 6.92 Å². The Morgan fingerprint density at radius 3 is 2.68 bits per heavy atom. The molecule has 2 aromatic rings. The summed E-state index contributed by atoms with van der Waals surface area (Å²) in [5.41, 5.74) is 2.19. The minimum Gasteiger partial charge on any atom is -0.343 e. The van der Waals surface area contributed by atoms with Gasteiger partial charge in [-0.15, -0.1) is 0 Å². The fraction of sp³-hybridized carbons (Fsp3) is 0.556. The predicted octanol–water partition coefficient (Wildman–Crippen LogP) is 2.40. The standard InChI is InChI=1S/C18H24N4O3/c1-11(2)14-9-13(16-12(3)21-25-18(16)20-14)17(24)19-10-15(23)22-7-5-4-6-8-22/h9,11H,4-8,10H2,1-3H3,(H,19,24). The number of hydrogen-bond acceptors (Lipinski definition) is 5. The molecule has 2 amide bonds. The summed E-state index contributed by atoms with van der Waals surface area (Å²) in [5.74, 6) is -0.188. The molecule has 7 nitrogen and oxygen atoms in total. The van der Waals surface area contributed by atoms with E-state index >= 15 is 0 Å². The van der Waals surface area contributed by atoms with Crippen LogP contribution < -0.4 is 5.32 Å². The quantitative estimate of drug-likeness (QED) is 0.920. The number of nitrogens with zero attached hydrogens (tertiary/aromatic N) is 3. The van der Waals surface area contributed by atoms with Crippen LogP contribution in [0.2, 0.25) is 0 Å². The third-order valence-corrected chi connectivity index (χ3v) is 4.58. The first-order valence-corrected chi connectivity index (χ1v) is 8.80. The highest BCUT2D eigenvalue weighted by Gasteiger charge is 2.21. The molecule has 0 aliphatic carbocycles. The molecular weight excluding hydrogens is 320 g/mol. The Balaban J connectivity index is 1.79. The largest absolute Gasteiger partial charge is 0.343 e. The summed E-state index contributed by atoms with van der Waals surface area (Å²) in [6.07, 6.45) is 3.22. The number of aryl methyl sites for hydroxylation is 1. The van der Waals surface area contributed by atoms with Crippen LogP contribution in [0.15, 0.2) is 10.6 Å². The lowest BCUT2D eigenvalue weighted by molar-refractivity contribution is -0.130. The van der Waals surface area contributed by atoms with E-state index in [2.05, 4.69) is 15.5 Å². The highest BCUT2D eigenvalue weighted by Crippen LogP contribution is 2.25. The van der Waals surface area contributed by atoms with Crippen molar-refractivity contribution in [3.05, 3.63) is 23.0 Å². The topological polar surface area (TPSA) is 88.3 Å². The molecule has 25 heavy (non-hydrogen) atoms. The number of fused-ring (bicyclic) bond motifs is 1. The van der Waals surface area contributed by atoms with Gasteiger partial charge in [0.15, 0.2) is 0 Å². The average Bonchev–Trinajstić information content (AvgIpc) is 3.00. The minimum atomic E-state index is -0.300. The van der Waals surface area contributed by atoms with E-state index in [0.717, 1.165) is 38.0 Å². The van der Waals surface area contributed by atoms with Gasteiger partial charge in [0.25, 0.3) is 11.6 Å². The zero-order chi connectivity index (χ0) is 18.0. The maximum Gasteiger partial charge on any atom is 0.259 e. The third kappa shape index (κ3) is 3.65. The summed E-state index contributed by atoms with van der Waals surface area (Å²) in [5, 5.41) is 7.26. The van der Waals surface area contributed by atoms with Crippen LogP contribution in [0.3, 0.4) is 0 Å². The SMILES string of the molecule is Cc1noc2nc(C(C)C)cc(C(=O)NCC(=O)N3CCCCC3)c12. The Bertz CT molecular complexity index is 791. The van der Waals surface area contributed by atoms with Crippen LogP contribution in [0.4, 0.5) is 0 Å². The Kier molecular flexibility index (Phi) is 5.01. The number of piperidine rings is 1. The van der Waals surface area contributed by atoms with Crippen molar-refractivity contribution in [1.82, 2.24) is 20.4 Å². The van der Waals surface area contributed by atoms with Gasteiger partial charge in [0.2, 0.25) is 5.91 Å². The predicted molar refractivity (Wildman–Crippen MR) is 93.4 cm³/mol. The number of carbonyl (C=O) groups excluding carboxylic acids is 2. The van der Waals surface area contributed by atoms with Crippen molar-refractivity contribution in [3.8, 4) is 0 Å². The summed E-state index contributed by atoms with van der Waals surface area (Å²) in [4.78, 5) is 31.2. The molecule has 2 aromatic heterocycles. The summed E-state index contributed by atoms with van der Waals surface area (Å²) in [6, 6.07) is 1.76. The van der Waals surface area contributed by atoms with E-state index in [-0.39, 0.29) is 24.3 Å². The van der Waals surface area contributed by atoms with Gasteiger partial charge < -0.3 is 14.7 Å². The summed E-state index contributed by atoms with van der Waals surface area (Å²) in [7, 11) is 0. The molecule has 0 radical (unpaired) electrons. The lowest BCUT2D eigenvalue weighted by Gasteiger charge is -2.26. The fourth-order valence-electron chi connectivity index (χ4n) is 3.09. The molecule has 0 bridgehead atoms. The molecule has 0 saturated carbocycles. The molecule has 134 valence electrons. The Morgan fingerprint density at radius 1 is 1.28 bits per heavy atom. The lowest BCUT2D eigenvalue weighted by Crippen LogP contribution is -2.42. The molecule has 1 saturated heterocycles. The van der Waals surface area contributed by atoms with E-state index < -0.39 is 0 Å². The summed E-state index contributed by atoms with van der Waals surface area (Å²) < 4.78 is 5.23. The molecule has 3 rings (SSSR count). The number of pyridine rings is 1. The van der Waals surface area contributed by atoms with Crippen molar-refractivity contribution in [1.29, 1.82) is 0 Å². The normalized spacial score (nSPS) is 15.0. The number of rotatable bonds is 4. The Morgan fingerprint density at radius 2 is 2.00 bits per heavy atom. The first-order valence-electron chi connectivity index (χ1n) is 8.80. The third-order valence-electron chi connectivity index (χ3n) is 4.58. The van der Waals surface area contributed by atoms with Gasteiger partial charge in [-0.1, -0.05) is 19.0 Å². The van der Waals surface area contributed by atoms with Gasteiger partial charge in [-0.05, 0) is 38.2 Å². The van der Waals surface area contributed by atoms with Crippen LogP contribution in [-0.4, -0.2) is 46.5 Å². The second kappa shape index (κ2) is 7.21. The maximum atomic E-state index is 12.7. The first kappa shape index (κ1) is 17.4. The van der Waals surface area contributed by atoms with Crippen molar-refractivity contribution in [2.24, 2.45) is 0 Å². The molecule has 0 unspecified atom stereocenters. The van der Waals surface area contributed by atoms with E-state index in [0.29, 0.717) is 22.4 Å². The fourth-order valence-corrected chi connectivity index (χ4v) is 3.09. The Hall–Kier alpha value is -2.44. The molecule has 1 aliphatic heterocycles. The van der Waals surface area contributed by atoms with Gasteiger partial charge in [-0.3, -0.25) is 9.59 Å². The second-order valence-electron chi connectivity index (χ2n) is 6.82. The molecular formula is C18H24N4O3. The molecule has 0 spiro atoms. The van der Waals surface area contributed by atoms with Crippen LogP contribution in [0.1, 0.15) is 60.8 Å². The molecule has 1 N–H and O–H groups in total. The minimum absolute atomic E-state index is 0.00396. The van der Waals surface area contributed by atoms with E-state index in [1.165, 1.54) is 0 Å². The number of carbonyl (C=O) groups is 2. The van der Waals surface area contributed by atoms with Gasteiger partial charge in [0.1, 0.15) is 0 Å². The lowest BCUT2D eigenvalue weighted by atomic mass is 10.0. The molecule has 0 atom stereocenters. The van der Waals surface area contributed by atoms with Crippen LogP contribution in [0.5, 0.6) is 0 Å². The second-order valence-corrected chi connectivity index (χ2v) is 6.82. The average molecular weight is 344 g/mol. The van der Waals surface area contributed by atoms with Crippen molar-refractivity contribution in [2.75, 3.05) is 19.6 Å². The highest BCUT2D eigenvalue weighted by molar-refractivity contribution is 6.06. The molecule has 3 heterocycles. The van der Waals surface area contributed by atoms with E-state index in [1.807, 2.05) is 18.7 Å². The summed E-state index contributed by atoms with van der Waals surface area (Å²) >= 11 is 0. The number of aromatic nitrogens is 2. The number of nitrogens with one attached hydrogen (secondary N) is 1. The smallest absolute Gasteiger partial charge is 0.259 e. The molecule has 7 heteroatoms. The van der Waals surface area contributed by atoms with Crippen molar-refractivity contribution >= 4 is 22.9 Å². The highest BCUT2D eigenvalue weighted by atomic mass is 16.5. The number of likely N-dealkylation sites (tertiary alicyclic amines) is 1.